The van der Waals surface area contributed by atoms with Gasteiger partial charge in [-0.25, -0.2) is 14.4 Å². The number of hydrogen-bond donors (Lipinski definition) is 1. The maximum Gasteiger partial charge on any atom is 0.255 e. The predicted octanol–water partition coefficient (Wildman–Crippen LogP) is 2.47. The monoisotopic (exact) mass is 369 g/mol. The first-order valence-corrected chi connectivity index (χ1v) is 7.98. The first kappa shape index (κ1) is 16.7. The van der Waals surface area contributed by atoms with Crippen LogP contribution in [0.4, 0.5) is 16.0 Å². The summed E-state index contributed by atoms with van der Waals surface area (Å²) in [6, 6.07) is 3.75. The van der Waals surface area contributed by atoms with Gasteiger partial charge in [0.05, 0.1) is 10.6 Å². The zero-order chi connectivity index (χ0) is 17.3. The summed E-state index contributed by atoms with van der Waals surface area (Å²) in [6.45, 7) is 2.01. The molecule has 0 bridgehead atoms. The molecule has 2 N–H and O–H groups in total. The Kier molecular flexibility index (Phi) is 4.73. The average Bonchev–Trinajstić information content (AvgIpc) is 2.57. The lowest BCUT2D eigenvalue weighted by Crippen LogP contribution is -2.49. The standard InChI is InChI=1S/C15H14Cl2FN5O/c16-11-7-9(18)1-2-10(11)15(24)23-5-3-22(4-6-23)14-12(17)13(19)20-8-21-14/h1-2,7-8H,3-6H2,(H2,19,20,21). The average molecular weight is 370 g/mol. The number of nitrogens with zero attached hydrogens (tertiary/aromatic N) is 4. The number of rotatable bonds is 2. The number of benzene rings is 1. The molecule has 0 saturated carbocycles. The summed E-state index contributed by atoms with van der Waals surface area (Å²) >= 11 is 12.1. The zero-order valence-corrected chi connectivity index (χ0v) is 14.1. The van der Waals surface area contributed by atoms with Crippen molar-refractivity contribution < 1.29 is 9.18 Å². The van der Waals surface area contributed by atoms with Gasteiger partial charge in [0.25, 0.3) is 5.91 Å². The highest BCUT2D eigenvalue weighted by molar-refractivity contribution is 6.35. The number of carbonyl (C=O) groups excluding carboxylic acids is 1. The maximum atomic E-state index is 13.1. The Bertz CT molecular complexity index is 780. The van der Waals surface area contributed by atoms with Crippen LogP contribution in [0.15, 0.2) is 24.5 Å². The number of amides is 1. The van der Waals surface area contributed by atoms with Gasteiger partial charge in [-0.15, -0.1) is 0 Å². The van der Waals surface area contributed by atoms with Crippen molar-refractivity contribution in [1.82, 2.24) is 14.9 Å². The number of hydrogen-bond acceptors (Lipinski definition) is 5. The van der Waals surface area contributed by atoms with E-state index in [1.54, 1.807) is 4.90 Å². The molecule has 0 unspecified atom stereocenters. The van der Waals surface area contributed by atoms with Crippen molar-refractivity contribution in [2.75, 3.05) is 36.8 Å². The van der Waals surface area contributed by atoms with Gasteiger partial charge in [-0.2, -0.15) is 0 Å². The lowest BCUT2D eigenvalue weighted by Gasteiger charge is -2.35. The molecule has 0 aliphatic carbocycles. The topological polar surface area (TPSA) is 75.3 Å². The minimum Gasteiger partial charge on any atom is -0.382 e. The van der Waals surface area contributed by atoms with Crippen LogP contribution in [0, 0.1) is 5.82 Å². The van der Waals surface area contributed by atoms with Gasteiger partial charge in [-0.3, -0.25) is 4.79 Å². The third-order valence-corrected chi connectivity index (χ3v) is 4.50. The molecule has 2 aromatic rings. The zero-order valence-electron chi connectivity index (χ0n) is 12.5. The molecule has 0 atom stereocenters. The molecular weight excluding hydrogens is 356 g/mol. The van der Waals surface area contributed by atoms with Crippen LogP contribution in [0.5, 0.6) is 0 Å². The van der Waals surface area contributed by atoms with Gasteiger partial charge >= 0.3 is 0 Å². The van der Waals surface area contributed by atoms with Gasteiger partial charge in [0.2, 0.25) is 0 Å². The Hall–Kier alpha value is -2.12. The van der Waals surface area contributed by atoms with Crippen LogP contribution < -0.4 is 10.6 Å². The van der Waals surface area contributed by atoms with Crippen LogP contribution in [0.1, 0.15) is 10.4 Å². The minimum atomic E-state index is -0.475. The van der Waals surface area contributed by atoms with E-state index in [-0.39, 0.29) is 22.3 Å². The molecule has 3 rings (SSSR count). The Morgan fingerprint density at radius 3 is 2.54 bits per heavy atom. The quantitative estimate of drug-likeness (QED) is 0.879. The number of anilines is 2. The summed E-state index contributed by atoms with van der Waals surface area (Å²) in [5.74, 6) is 0.0691. The lowest BCUT2D eigenvalue weighted by molar-refractivity contribution is 0.0746. The van der Waals surface area contributed by atoms with Gasteiger partial charge in [-0.05, 0) is 18.2 Å². The van der Waals surface area contributed by atoms with E-state index in [1.165, 1.54) is 18.5 Å². The number of nitrogen functional groups attached to an aromatic ring is 1. The molecule has 1 amide bonds. The Balaban J connectivity index is 1.71. The van der Waals surface area contributed by atoms with Crippen molar-refractivity contribution in [3.8, 4) is 0 Å². The predicted molar refractivity (Wildman–Crippen MR) is 91.0 cm³/mol. The second-order valence-corrected chi connectivity index (χ2v) is 6.09. The van der Waals surface area contributed by atoms with Gasteiger partial charge in [0, 0.05) is 26.2 Å². The molecule has 1 aliphatic rings. The summed E-state index contributed by atoms with van der Waals surface area (Å²) in [5.41, 5.74) is 5.98. The molecule has 1 aromatic carbocycles. The summed E-state index contributed by atoms with van der Waals surface area (Å²) in [5, 5.41) is 0.410. The van der Waals surface area contributed by atoms with E-state index in [4.69, 9.17) is 28.9 Å². The van der Waals surface area contributed by atoms with E-state index >= 15 is 0 Å². The summed E-state index contributed by atoms with van der Waals surface area (Å²) in [4.78, 5) is 24.1. The van der Waals surface area contributed by atoms with E-state index in [0.717, 1.165) is 6.07 Å². The fraction of sp³-hybridized carbons (Fsp3) is 0.267. The highest BCUT2D eigenvalue weighted by Gasteiger charge is 2.25. The van der Waals surface area contributed by atoms with Crippen LogP contribution in [-0.4, -0.2) is 47.0 Å². The molecule has 0 radical (unpaired) electrons. The maximum absolute atomic E-state index is 13.1. The van der Waals surface area contributed by atoms with Crippen LogP contribution >= 0.6 is 23.2 Å². The largest absolute Gasteiger partial charge is 0.382 e. The number of halogens is 3. The van der Waals surface area contributed by atoms with Crippen LogP contribution in [0.25, 0.3) is 0 Å². The Labute approximate surface area is 148 Å². The molecule has 9 heteroatoms. The van der Waals surface area contributed by atoms with Crippen LogP contribution in [-0.2, 0) is 0 Å². The smallest absolute Gasteiger partial charge is 0.255 e. The lowest BCUT2D eigenvalue weighted by atomic mass is 10.1. The molecule has 1 saturated heterocycles. The van der Waals surface area contributed by atoms with Crippen molar-refractivity contribution >= 4 is 40.7 Å². The SMILES string of the molecule is Nc1ncnc(N2CCN(C(=O)c3ccc(F)cc3Cl)CC2)c1Cl. The normalized spacial score (nSPS) is 14.8. The van der Waals surface area contributed by atoms with E-state index in [2.05, 4.69) is 9.97 Å². The molecule has 2 heterocycles. The van der Waals surface area contributed by atoms with E-state index in [1.807, 2.05) is 4.90 Å². The highest BCUT2D eigenvalue weighted by Crippen LogP contribution is 2.28. The molecule has 126 valence electrons. The second kappa shape index (κ2) is 6.78. The van der Waals surface area contributed by atoms with Crippen molar-refractivity contribution in [2.24, 2.45) is 0 Å². The third-order valence-electron chi connectivity index (χ3n) is 3.83. The number of nitrogens with two attached hydrogens (primary N) is 1. The molecular formula is C15H14Cl2FN5O. The number of piperazine rings is 1. The highest BCUT2D eigenvalue weighted by atomic mass is 35.5. The van der Waals surface area contributed by atoms with Gasteiger partial charge < -0.3 is 15.5 Å². The summed E-state index contributed by atoms with van der Waals surface area (Å²) in [7, 11) is 0. The van der Waals surface area contributed by atoms with Crippen LogP contribution in [0.3, 0.4) is 0 Å². The van der Waals surface area contributed by atoms with Gasteiger partial charge in [0.15, 0.2) is 5.82 Å². The second-order valence-electron chi connectivity index (χ2n) is 5.30. The summed E-state index contributed by atoms with van der Waals surface area (Å²) in [6.07, 6.45) is 1.35. The molecule has 1 aliphatic heterocycles. The Morgan fingerprint density at radius 2 is 1.88 bits per heavy atom. The molecule has 24 heavy (non-hydrogen) atoms. The van der Waals surface area contributed by atoms with Crippen molar-refractivity contribution in [3.05, 3.63) is 46.0 Å². The van der Waals surface area contributed by atoms with Gasteiger partial charge in [-0.1, -0.05) is 23.2 Å². The fourth-order valence-electron chi connectivity index (χ4n) is 2.55. The van der Waals surface area contributed by atoms with E-state index in [9.17, 15) is 9.18 Å². The minimum absolute atomic E-state index is 0.106. The van der Waals surface area contributed by atoms with Crippen molar-refractivity contribution in [1.29, 1.82) is 0 Å². The molecule has 1 aromatic heterocycles. The molecule has 1 fully saturated rings. The van der Waals surface area contributed by atoms with E-state index in [0.29, 0.717) is 37.0 Å². The van der Waals surface area contributed by atoms with Gasteiger partial charge in [0.1, 0.15) is 23.0 Å². The summed E-state index contributed by atoms with van der Waals surface area (Å²) < 4.78 is 13.1. The number of aromatic nitrogens is 2. The Morgan fingerprint density at radius 1 is 1.17 bits per heavy atom. The first-order chi connectivity index (χ1) is 11.5. The molecule has 6 nitrogen and oxygen atoms in total. The van der Waals surface area contributed by atoms with Crippen molar-refractivity contribution in [3.63, 3.8) is 0 Å². The first-order valence-electron chi connectivity index (χ1n) is 7.22. The number of carbonyl (C=O) groups is 1. The fourth-order valence-corrected chi connectivity index (χ4v) is 3.01. The third kappa shape index (κ3) is 3.22. The molecule has 0 spiro atoms. The van der Waals surface area contributed by atoms with Crippen LogP contribution in [0.2, 0.25) is 10.0 Å². The van der Waals surface area contributed by atoms with Crippen molar-refractivity contribution in [2.45, 2.75) is 0 Å². The van der Waals surface area contributed by atoms with E-state index < -0.39 is 5.82 Å².